The van der Waals surface area contributed by atoms with E-state index in [2.05, 4.69) is 4.99 Å². The van der Waals surface area contributed by atoms with Crippen LogP contribution in [0.25, 0.3) is 0 Å². The standard InChI is InChI=1S/C18H21ClFN3/c1-5-22(3)12-21-16-10-13(2)18(11-14(16)19)23(4)17-9-7-6-8-15(17)20/h6-12H,5H2,1-4H3. The second kappa shape index (κ2) is 7.47. The van der Waals surface area contributed by atoms with Crippen molar-refractivity contribution in [1.29, 1.82) is 0 Å². The molecule has 2 rings (SSSR count). The highest BCUT2D eigenvalue weighted by atomic mass is 35.5. The summed E-state index contributed by atoms with van der Waals surface area (Å²) in [6.45, 7) is 4.88. The predicted molar refractivity (Wildman–Crippen MR) is 97.1 cm³/mol. The molecule has 0 radical (unpaired) electrons. The quantitative estimate of drug-likeness (QED) is 0.555. The van der Waals surface area contributed by atoms with Gasteiger partial charge in [-0.25, -0.2) is 9.38 Å². The first-order valence-corrected chi connectivity index (χ1v) is 7.84. The van der Waals surface area contributed by atoms with Gasteiger partial charge in [-0.2, -0.15) is 0 Å². The molecule has 3 nitrogen and oxygen atoms in total. The first kappa shape index (κ1) is 17.3. The van der Waals surface area contributed by atoms with E-state index in [1.54, 1.807) is 23.4 Å². The number of hydrogen-bond donors (Lipinski definition) is 0. The molecule has 0 aliphatic rings. The molecule has 0 heterocycles. The average molecular weight is 334 g/mol. The van der Waals surface area contributed by atoms with Gasteiger partial charge in [0.2, 0.25) is 0 Å². The Bertz CT molecular complexity index is 715. The van der Waals surface area contributed by atoms with Gasteiger partial charge < -0.3 is 9.80 Å². The lowest BCUT2D eigenvalue weighted by Gasteiger charge is -2.23. The molecule has 0 amide bonds. The Labute approximate surface area is 142 Å². The van der Waals surface area contributed by atoms with Crippen LogP contribution in [0, 0.1) is 12.7 Å². The molecule has 0 atom stereocenters. The normalized spacial score (nSPS) is 11.0. The third kappa shape index (κ3) is 4.02. The molecule has 0 aliphatic heterocycles. The van der Waals surface area contributed by atoms with Crippen LogP contribution in [-0.4, -0.2) is 31.9 Å². The van der Waals surface area contributed by atoms with Crippen LogP contribution in [-0.2, 0) is 0 Å². The van der Waals surface area contributed by atoms with Crippen LogP contribution in [0.4, 0.5) is 21.5 Å². The zero-order valence-electron chi connectivity index (χ0n) is 13.8. The molecule has 0 bridgehead atoms. The summed E-state index contributed by atoms with van der Waals surface area (Å²) in [5.41, 5.74) is 3.04. The van der Waals surface area contributed by atoms with Crippen molar-refractivity contribution >= 4 is 35.0 Å². The summed E-state index contributed by atoms with van der Waals surface area (Å²) in [6.07, 6.45) is 1.75. The van der Waals surface area contributed by atoms with Crippen LogP contribution in [0.2, 0.25) is 5.02 Å². The summed E-state index contributed by atoms with van der Waals surface area (Å²) in [4.78, 5) is 8.16. The third-order valence-electron chi connectivity index (χ3n) is 3.73. The van der Waals surface area contributed by atoms with E-state index in [0.29, 0.717) is 16.4 Å². The fourth-order valence-corrected chi connectivity index (χ4v) is 2.42. The lowest BCUT2D eigenvalue weighted by molar-refractivity contribution is 0.552. The highest BCUT2D eigenvalue weighted by Gasteiger charge is 2.13. The zero-order chi connectivity index (χ0) is 17.0. The lowest BCUT2D eigenvalue weighted by Crippen LogP contribution is -2.14. The van der Waals surface area contributed by atoms with Crippen molar-refractivity contribution in [1.82, 2.24) is 4.90 Å². The molecule has 0 saturated heterocycles. The van der Waals surface area contributed by atoms with Crippen molar-refractivity contribution in [2.45, 2.75) is 13.8 Å². The van der Waals surface area contributed by atoms with Crippen molar-refractivity contribution in [3.63, 3.8) is 0 Å². The van der Waals surface area contributed by atoms with E-state index in [0.717, 1.165) is 17.8 Å². The van der Waals surface area contributed by atoms with Gasteiger partial charge in [0.05, 0.1) is 22.7 Å². The van der Waals surface area contributed by atoms with Crippen LogP contribution in [0.1, 0.15) is 12.5 Å². The number of hydrogen-bond acceptors (Lipinski definition) is 2. The molecule has 0 unspecified atom stereocenters. The molecule has 0 spiro atoms. The molecule has 0 N–H and O–H groups in total. The number of halogens is 2. The van der Waals surface area contributed by atoms with Crippen molar-refractivity contribution < 1.29 is 4.39 Å². The minimum atomic E-state index is -0.266. The molecular weight excluding hydrogens is 313 g/mol. The van der Waals surface area contributed by atoms with E-state index in [-0.39, 0.29) is 5.82 Å². The molecular formula is C18H21ClFN3. The number of aryl methyl sites for hydroxylation is 1. The van der Waals surface area contributed by atoms with Gasteiger partial charge in [-0.3, -0.25) is 0 Å². The first-order chi connectivity index (χ1) is 10.9. The molecule has 0 fully saturated rings. The Kier molecular flexibility index (Phi) is 5.61. The minimum Gasteiger partial charge on any atom is -0.366 e. The fraction of sp³-hybridized carbons (Fsp3) is 0.278. The van der Waals surface area contributed by atoms with E-state index in [1.807, 2.05) is 51.0 Å². The Morgan fingerprint density at radius 2 is 1.87 bits per heavy atom. The number of anilines is 2. The van der Waals surface area contributed by atoms with E-state index < -0.39 is 0 Å². The van der Waals surface area contributed by atoms with Gasteiger partial charge >= 0.3 is 0 Å². The van der Waals surface area contributed by atoms with E-state index in [4.69, 9.17) is 11.6 Å². The Morgan fingerprint density at radius 3 is 2.52 bits per heavy atom. The molecule has 23 heavy (non-hydrogen) atoms. The minimum absolute atomic E-state index is 0.266. The number of benzene rings is 2. The Hall–Kier alpha value is -2.07. The fourth-order valence-electron chi connectivity index (χ4n) is 2.21. The lowest BCUT2D eigenvalue weighted by atomic mass is 10.1. The third-order valence-corrected chi connectivity index (χ3v) is 4.04. The van der Waals surface area contributed by atoms with E-state index >= 15 is 0 Å². The number of para-hydroxylation sites is 1. The van der Waals surface area contributed by atoms with Crippen molar-refractivity contribution in [3.8, 4) is 0 Å². The maximum absolute atomic E-state index is 14.0. The Balaban J connectivity index is 2.37. The summed E-state index contributed by atoms with van der Waals surface area (Å²) in [5, 5.41) is 0.537. The largest absolute Gasteiger partial charge is 0.366 e. The Morgan fingerprint density at radius 1 is 1.17 bits per heavy atom. The van der Waals surface area contributed by atoms with Crippen molar-refractivity contribution in [3.05, 3.63) is 52.8 Å². The van der Waals surface area contributed by atoms with Crippen LogP contribution in [0.3, 0.4) is 0 Å². The molecule has 0 saturated carbocycles. The maximum atomic E-state index is 14.0. The molecule has 0 aliphatic carbocycles. The van der Waals surface area contributed by atoms with Crippen molar-refractivity contribution in [2.24, 2.45) is 4.99 Å². The molecule has 0 aromatic heterocycles. The van der Waals surface area contributed by atoms with Crippen LogP contribution >= 0.6 is 11.6 Å². The zero-order valence-corrected chi connectivity index (χ0v) is 14.6. The van der Waals surface area contributed by atoms with Gasteiger partial charge in [0.15, 0.2) is 0 Å². The number of rotatable bonds is 5. The highest BCUT2D eigenvalue weighted by Crippen LogP contribution is 2.35. The SMILES string of the molecule is CCN(C)C=Nc1cc(C)c(N(C)c2ccccc2F)cc1Cl. The predicted octanol–water partition coefficient (Wildman–Crippen LogP) is 5.17. The smallest absolute Gasteiger partial charge is 0.146 e. The van der Waals surface area contributed by atoms with Gasteiger partial charge in [-0.15, -0.1) is 0 Å². The van der Waals surface area contributed by atoms with Crippen LogP contribution in [0.15, 0.2) is 41.4 Å². The summed E-state index contributed by atoms with van der Waals surface area (Å²) in [7, 11) is 3.77. The van der Waals surface area contributed by atoms with Gasteiger partial charge in [-0.05, 0) is 43.7 Å². The number of aliphatic imine (C=N–C) groups is 1. The summed E-state index contributed by atoms with van der Waals surface area (Å²) in [6, 6.07) is 10.4. The summed E-state index contributed by atoms with van der Waals surface area (Å²) >= 11 is 6.35. The van der Waals surface area contributed by atoms with Gasteiger partial charge in [-0.1, -0.05) is 23.7 Å². The van der Waals surface area contributed by atoms with Gasteiger partial charge in [0.1, 0.15) is 5.82 Å². The second-order valence-electron chi connectivity index (χ2n) is 5.42. The topological polar surface area (TPSA) is 18.8 Å². The molecule has 122 valence electrons. The monoisotopic (exact) mass is 333 g/mol. The summed E-state index contributed by atoms with van der Waals surface area (Å²) in [5.74, 6) is -0.266. The second-order valence-corrected chi connectivity index (χ2v) is 5.83. The molecule has 5 heteroatoms. The molecule has 2 aromatic carbocycles. The van der Waals surface area contributed by atoms with Crippen LogP contribution < -0.4 is 4.90 Å². The van der Waals surface area contributed by atoms with Crippen LogP contribution in [0.5, 0.6) is 0 Å². The van der Waals surface area contributed by atoms with E-state index in [1.165, 1.54) is 6.07 Å². The first-order valence-electron chi connectivity index (χ1n) is 7.46. The van der Waals surface area contributed by atoms with Crippen molar-refractivity contribution in [2.75, 3.05) is 25.5 Å². The van der Waals surface area contributed by atoms with Gasteiger partial charge in [0.25, 0.3) is 0 Å². The maximum Gasteiger partial charge on any atom is 0.146 e. The van der Waals surface area contributed by atoms with Gasteiger partial charge in [0, 0.05) is 26.3 Å². The summed E-state index contributed by atoms with van der Waals surface area (Å²) < 4.78 is 14.0. The van der Waals surface area contributed by atoms with E-state index in [9.17, 15) is 4.39 Å². The average Bonchev–Trinajstić information content (AvgIpc) is 2.54. The molecule has 2 aromatic rings. The highest BCUT2D eigenvalue weighted by molar-refractivity contribution is 6.33. The number of nitrogens with zero attached hydrogens (tertiary/aromatic N) is 3.